The van der Waals surface area contributed by atoms with Crippen LogP contribution in [0, 0.1) is 0 Å². The van der Waals surface area contributed by atoms with E-state index in [4.69, 9.17) is 27.9 Å². The lowest BCUT2D eigenvalue weighted by Gasteiger charge is -2.24. The first-order valence-corrected chi connectivity index (χ1v) is 6.71. The van der Waals surface area contributed by atoms with Gasteiger partial charge in [-0.3, -0.25) is 4.79 Å². The number of rotatable bonds is 4. The summed E-state index contributed by atoms with van der Waals surface area (Å²) < 4.78 is 7.00. The van der Waals surface area contributed by atoms with E-state index in [0.29, 0.717) is 15.6 Å². The van der Waals surface area contributed by atoms with Gasteiger partial charge in [-0.25, -0.2) is 9.67 Å². The highest BCUT2D eigenvalue weighted by Gasteiger charge is 2.26. The maximum absolute atomic E-state index is 11.3. The number of esters is 1. The third-order valence-electron chi connectivity index (χ3n) is 2.85. The van der Waals surface area contributed by atoms with E-state index in [2.05, 4.69) is 10.1 Å². The molecule has 0 amide bonds. The molecule has 0 saturated heterocycles. The Labute approximate surface area is 126 Å². The Morgan fingerprint density at radius 1 is 1.40 bits per heavy atom. The van der Waals surface area contributed by atoms with Gasteiger partial charge in [0.15, 0.2) is 6.10 Å². The highest BCUT2D eigenvalue weighted by atomic mass is 35.5. The Morgan fingerprint density at radius 3 is 2.70 bits per heavy atom. The molecule has 106 valence electrons. The number of carbonyl (C=O) groups is 1. The second kappa shape index (κ2) is 6.24. The topological polar surface area (TPSA) is 57.0 Å². The van der Waals surface area contributed by atoms with Crippen LogP contribution >= 0.6 is 23.2 Å². The predicted octanol–water partition coefficient (Wildman–Crippen LogP) is 3.45. The number of nitrogens with zero attached hydrogens (tertiary/aromatic N) is 3. The van der Waals surface area contributed by atoms with E-state index in [1.807, 2.05) is 6.92 Å². The Bertz CT molecular complexity index is 602. The Hall–Kier alpha value is -1.59. The van der Waals surface area contributed by atoms with Crippen molar-refractivity contribution >= 4 is 29.2 Å². The molecule has 0 radical (unpaired) electrons. The maximum atomic E-state index is 11.3. The van der Waals surface area contributed by atoms with Gasteiger partial charge >= 0.3 is 5.97 Å². The lowest BCUT2D eigenvalue weighted by molar-refractivity contribution is -0.149. The molecular formula is C13H13Cl2N3O2. The molecule has 0 aliphatic heterocycles. The van der Waals surface area contributed by atoms with E-state index in [9.17, 15) is 4.79 Å². The van der Waals surface area contributed by atoms with Gasteiger partial charge in [0.25, 0.3) is 0 Å². The predicted molar refractivity (Wildman–Crippen MR) is 75.7 cm³/mol. The summed E-state index contributed by atoms with van der Waals surface area (Å²) in [5, 5.41) is 5.02. The summed E-state index contributed by atoms with van der Waals surface area (Å²) in [5.74, 6) is -0.395. The van der Waals surface area contributed by atoms with Crippen molar-refractivity contribution in [3.05, 3.63) is 46.5 Å². The number of ether oxygens (including phenoxy) is 1. The smallest absolute Gasteiger partial charge is 0.303 e. The Kier molecular flexibility index (Phi) is 4.62. The van der Waals surface area contributed by atoms with Crippen molar-refractivity contribution < 1.29 is 9.53 Å². The molecule has 2 aromatic rings. The van der Waals surface area contributed by atoms with Crippen LogP contribution in [0.1, 0.15) is 31.6 Å². The monoisotopic (exact) mass is 313 g/mol. The van der Waals surface area contributed by atoms with Crippen LogP contribution in [0.4, 0.5) is 0 Å². The summed E-state index contributed by atoms with van der Waals surface area (Å²) in [6, 6.07) is 4.81. The second-order valence-electron chi connectivity index (χ2n) is 4.31. The Balaban J connectivity index is 2.39. The van der Waals surface area contributed by atoms with Gasteiger partial charge in [-0.1, -0.05) is 29.3 Å². The minimum absolute atomic E-state index is 0.250. The molecule has 0 fully saturated rings. The van der Waals surface area contributed by atoms with Crippen LogP contribution in [0.2, 0.25) is 10.0 Å². The SMILES string of the molecule is CC(=O)OC(c1ccc(Cl)cc1Cl)C(C)n1cncn1. The van der Waals surface area contributed by atoms with Gasteiger partial charge in [0.2, 0.25) is 0 Å². The van der Waals surface area contributed by atoms with Gasteiger partial charge in [-0.15, -0.1) is 0 Å². The molecule has 0 saturated carbocycles. The molecule has 20 heavy (non-hydrogen) atoms. The van der Waals surface area contributed by atoms with Crippen LogP contribution in [0.15, 0.2) is 30.9 Å². The number of hydrogen-bond acceptors (Lipinski definition) is 4. The summed E-state index contributed by atoms with van der Waals surface area (Å²) in [4.78, 5) is 15.2. The van der Waals surface area contributed by atoms with Crippen molar-refractivity contribution in [3.8, 4) is 0 Å². The lowest BCUT2D eigenvalue weighted by Crippen LogP contribution is -2.20. The molecule has 0 aliphatic rings. The number of halogens is 2. The first-order valence-electron chi connectivity index (χ1n) is 5.95. The van der Waals surface area contributed by atoms with Crippen molar-refractivity contribution in [1.29, 1.82) is 0 Å². The summed E-state index contributed by atoms with van der Waals surface area (Å²) in [6.07, 6.45) is 2.41. The van der Waals surface area contributed by atoms with Crippen molar-refractivity contribution in [2.45, 2.75) is 26.0 Å². The highest BCUT2D eigenvalue weighted by molar-refractivity contribution is 6.35. The first-order chi connectivity index (χ1) is 9.49. The van der Waals surface area contributed by atoms with Gasteiger partial charge in [0.05, 0.1) is 6.04 Å². The molecular weight excluding hydrogens is 301 g/mol. The average molecular weight is 314 g/mol. The third-order valence-corrected chi connectivity index (χ3v) is 3.42. The van der Waals surface area contributed by atoms with Crippen LogP contribution < -0.4 is 0 Å². The molecule has 5 nitrogen and oxygen atoms in total. The standard InChI is InChI=1S/C13H13Cl2N3O2/c1-8(18-7-16-6-17-18)13(20-9(2)19)11-4-3-10(14)5-12(11)15/h3-8,13H,1-2H3. The van der Waals surface area contributed by atoms with Gasteiger partial charge in [-0.2, -0.15) is 5.10 Å². The van der Waals surface area contributed by atoms with Gasteiger partial charge in [0.1, 0.15) is 12.7 Å². The molecule has 0 spiro atoms. The van der Waals surface area contributed by atoms with E-state index in [0.717, 1.165) is 0 Å². The van der Waals surface area contributed by atoms with E-state index in [1.165, 1.54) is 13.3 Å². The molecule has 7 heteroatoms. The fourth-order valence-corrected chi connectivity index (χ4v) is 2.42. The summed E-state index contributed by atoms with van der Waals surface area (Å²) in [5.41, 5.74) is 0.675. The number of hydrogen-bond donors (Lipinski definition) is 0. The number of benzene rings is 1. The highest BCUT2D eigenvalue weighted by Crippen LogP contribution is 2.35. The number of aromatic nitrogens is 3. The molecule has 2 unspecified atom stereocenters. The van der Waals surface area contributed by atoms with Gasteiger partial charge in [-0.05, 0) is 19.1 Å². The van der Waals surface area contributed by atoms with Crippen molar-refractivity contribution in [2.75, 3.05) is 0 Å². The minimum Gasteiger partial charge on any atom is -0.455 e. The fourth-order valence-electron chi connectivity index (χ4n) is 1.90. The zero-order valence-electron chi connectivity index (χ0n) is 11.0. The van der Waals surface area contributed by atoms with Crippen LogP contribution in [-0.4, -0.2) is 20.7 Å². The normalized spacial score (nSPS) is 13.8. The molecule has 1 aromatic carbocycles. The maximum Gasteiger partial charge on any atom is 0.303 e. The Morgan fingerprint density at radius 2 is 2.15 bits per heavy atom. The molecule has 2 atom stereocenters. The third kappa shape index (κ3) is 3.29. The van der Waals surface area contributed by atoms with Crippen molar-refractivity contribution in [3.63, 3.8) is 0 Å². The quantitative estimate of drug-likeness (QED) is 0.811. The number of carbonyl (C=O) groups excluding carboxylic acids is 1. The van der Waals surface area contributed by atoms with E-state index >= 15 is 0 Å². The minimum atomic E-state index is -0.570. The van der Waals surface area contributed by atoms with Crippen LogP contribution in [0.5, 0.6) is 0 Å². The van der Waals surface area contributed by atoms with E-state index in [1.54, 1.807) is 29.2 Å². The summed E-state index contributed by atoms with van der Waals surface area (Å²) in [6.45, 7) is 3.22. The van der Waals surface area contributed by atoms with Crippen LogP contribution in [0.25, 0.3) is 0 Å². The van der Waals surface area contributed by atoms with Crippen LogP contribution in [0.3, 0.4) is 0 Å². The van der Waals surface area contributed by atoms with Crippen molar-refractivity contribution in [1.82, 2.24) is 14.8 Å². The largest absolute Gasteiger partial charge is 0.455 e. The van der Waals surface area contributed by atoms with E-state index < -0.39 is 12.1 Å². The zero-order chi connectivity index (χ0) is 14.7. The molecule has 0 bridgehead atoms. The van der Waals surface area contributed by atoms with Crippen LogP contribution in [-0.2, 0) is 9.53 Å². The van der Waals surface area contributed by atoms with Gasteiger partial charge in [0, 0.05) is 22.5 Å². The summed E-state index contributed by atoms with van der Waals surface area (Å²) in [7, 11) is 0. The molecule has 2 rings (SSSR count). The average Bonchev–Trinajstić information content (AvgIpc) is 2.89. The van der Waals surface area contributed by atoms with Crippen molar-refractivity contribution in [2.24, 2.45) is 0 Å². The summed E-state index contributed by atoms with van der Waals surface area (Å²) >= 11 is 12.1. The molecule has 0 N–H and O–H groups in total. The fraction of sp³-hybridized carbons (Fsp3) is 0.308. The molecule has 0 aliphatic carbocycles. The zero-order valence-corrected chi connectivity index (χ0v) is 12.5. The first kappa shape index (κ1) is 14.8. The second-order valence-corrected chi connectivity index (χ2v) is 5.16. The molecule has 1 aromatic heterocycles. The molecule has 1 heterocycles. The van der Waals surface area contributed by atoms with Gasteiger partial charge < -0.3 is 4.74 Å². The lowest BCUT2D eigenvalue weighted by atomic mass is 10.0. The van der Waals surface area contributed by atoms with E-state index in [-0.39, 0.29) is 6.04 Å².